The summed E-state index contributed by atoms with van der Waals surface area (Å²) in [7, 11) is 0. The van der Waals surface area contributed by atoms with Crippen LogP contribution in [0.5, 0.6) is 0 Å². The van der Waals surface area contributed by atoms with Crippen molar-refractivity contribution in [1.82, 2.24) is 10.3 Å². The highest BCUT2D eigenvalue weighted by molar-refractivity contribution is 9.10. The Morgan fingerprint density at radius 3 is 2.68 bits per heavy atom. The smallest absolute Gasteiger partial charge is 0.312 e. The van der Waals surface area contributed by atoms with Gasteiger partial charge in [-0.15, -0.1) is 11.3 Å². The predicted molar refractivity (Wildman–Crippen MR) is 97.3 cm³/mol. The van der Waals surface area contributed by atoms with Crippen molar-refractivity contribution in [2.45, 2.75) is 13.3 Å². The molecule has 0 saturated heterocycles. The van der Waals surface area contributed by atoms with Crippen molar-refractivity contribution in [3.8, 4) is 0 Å². The third-order valence-corrected chi connectivity index (χ3v) is 4.46. The average molecular weight is 426 g/mol. The molecular weight excluding hydrogens is 410 g/mol. The van der Waals surface area contributed by atoms with Crippen LogP contribution in [0.2, 0.25) is 0 Å². The molecule has 0 spiro atoms. The van der Waals surface area contributed by atoms with E-state index in [0.717, 1.165) is 9.48 Å². The van der Waals surface area contributed by atoms with Gasteiger partial charge in [0.2, 0.25) is 5.91 Å². The zero-order chi connectivity index (χ0) is 18.2. The van der Waals surface area contributed by atoms with E-state index >= 15 is 0 Å². The SMILES string of the molecule is Cc1nc(CC(=O)OCC(=O)NCC(=O)Nc2ccccc2Br)cs1. The van der Waals surface area contributed by atoms with Gasteiger partial charge in [0.05, 0.1) is 29.4 Å². The first kappa shape index (κ1) is 19.1. The van der Waals surface area contributed by atoms with Gasteiger partial charge in [0.1, 0.15) is 0 Å². The maximum absolute atomic E-state index is 11.8. The molecule has 1 aromatic carbocycles. The number of aromatic nitrogens is 1. The molecule has 25 heavy (non-hydrogen) atoms. The summed E-state index contributed by atoms with van der Waals surface area (Å²) in [5.74, 6) is -1.48. The molecule has 0 aliphatic carbocycles. The van der Waals surface area contributed by atoms with Crippen LogP contribution in [-0.4, -0.2) is 35.9 Å². The van der Waals surface area contributed by atoms with Crippen molar-refractivity contribution in [2.75, 3.05) is 18.5 Å². The summed E-state index contributed by atoms with van der Waals surface area (Å²) >= 11 is 4.75. The van der Waals surface area contributed by atoms with Gasteiger partial charge in [-0.05, 0) is 35.0 Å². The number of anilines is 1. The molecule has 2 amide bonds. The number of benzene rings is 1. The van der Waals surface area contributed by atoms with Crippen LogP contribution in [0.1, 0.15) is 10.7 Å². The second-order valence-electron chi connectivity index (χ2n) is 5.00. The highest BCUT2D eigenvalue weighted by Crippen LogP contribution is 2.20. The zero-order valence-corrected chi connectivity index (χ0v) is 15.8. The highest BCUT2D eigenvalue weighted by Gasteiger charge is 2.12. The summed E-state index contributed by atoms with van der Waals surface area (Å²) in [6, 6.07) is 7.12. The van der Waals surface area contributed by atoms with Crippen molar-refractivity contribution in [1.29, 1.82) is 0 Å². The molecule has 0 fully saturated rings. The molecule has 2 N–H and O–H groups in total. The lowest BCUT2D eigenvalue weighted by Gasteiger charge is -2.08. The molecule has 7 nitrogen and oxygen atoms in total. The molecule has 132 valence electrons. The number of hydrogen-bond donors (Lipinski definition) is 2. The number of esters is 1. The fourth-order valence-corrected chi connectivity index (χ4v) is 2.82. The van der Waals surface area contributed by atoms with E-state index in [2.05, 4.69) is 31.5 Å². The molecular formula is C16H16BrN3O4S. The number of carbonyl (C=O) groups is 3. The van der Waals surface area contributed by atoms with E-state index in [1.54, 1.807) is 23.6 Å². The fraction of sp³-hybridized carbons (Fsp3) is 0.250. The molecule has 0 radical (unpaired) electrons. The Bertz CT molecular complexity index is 778. The van der Waals surface area contributed by atoms with Crippen LogP contribution in [0, 0.1) is 6.92 Å². The van der Waals surface area contributed by atoms with E-state index in [9.17, 15) is 14.4 Å². The Hall–Kier alpha value is -2.26. The van der Waals surface area contributed by atoms with Crippen LogP contribution in [0.25, 0.3) is 0 Å². The van der Waals surface area contributed by atoms with Crippen LogP contribution < -0.4 is 10.6 Å². The van der Waals surface area contributed by atoms with E-state index in [4.69, 9.17) is 4.74 Å². The molecule has 0 aliphatic rings. The van der Waals surface area contributed by atoms with Gasteiger partial charge in [-0.1, -0.05) is 12.1 Å². The van der Waals surface area contributed by atoms with E-state index < -0.39 is 18.5 Å². The number of thiazole rings is 1. The number of carbonyl (C=O) groups excluding carboxylic acids is 3. The molecule has 2 rings (SSSR count). The molecule has 1 heterocycles. The number of nitrogens with one attached hydrogen (secondary N) is 2. The van der Waals surface area contributed by atoms with Gasteiger partial charge in [-0.25, -0.2) is 4.98 Å². The topological polar surface area (TPSA) is 97.4 Å². The predicted octanol–water partition coefficient (Wildman–Crippen LogP) is 2.05. The van der Waals surface area contributed by atoms with Gasteiger partial charge < -0.3 is 15.4 Å². The van der Waals surface area contributed by atoms with Gasteiger partial charge in [0.15, 0.2) is 6.61 Å². The first-order valence-corrected chi connectivity index (χ1v) is 8.99. The summed E-state index contributed by atoms with van der Waals surface area (Å²) in [5, 5.41) is 7.66. The van der Waals surface area contributed by atoms with Crippen molar-refractivity contribution in [2.24, 2.45) is 0 Å². The second-order valence-corrected chi connectivity index (χ2v) is 6.92. The van der Waals surface area contributed by atoms with Gasteiger partial charge in [-0.3, -0.25) is 14.4 Å². The van der Waals surface area contributed by atoms with Gasteiger partial charge in [-0.2, -0.15) is 0 Å². The first-order valence-electron chi connectivity index (χ1n) is 7.31. The zero-order valence-electron chi connectivity index (χ0n) is 13.4. The summed E-state index contributed by atoms with van der Waals surface area (Å²) < 4.78 is 5.60. The standard InChI is InChI=1S/C16H16BrN3O4S/c1-10-19-11(9-25-10)6-16(23)24-8-15(22)18-7-14(21)20-13-5-3-2-4-12(13)17/h2-5,9H,6-8H2,1H3,(H,18,22)(H,20,21). The van der Waals surface area contributed by atoms with Crippen LogP contribution in [-0.2, 0) is 25.5 Å². The summed E-state index contributed by atoms with van der Waals surface area (Å²) in [6.45, 7) is 1.18. The number of para-hydroxylation sites is 1. The lowest BCUT2D eigenvalue weighted by molar-refractivity contribution is -0.147. The van der Waals surface area contributed by atoms with E-state index in [-0.39, 0.29) is 18.9 Å². The van der Waals surface area contributed by atoms with Crippen molar-refractivity contribution in [3.05, 3.63) is 44.8 Å². The Labute approximate surface area is 156 Å². The van der Waals surface area contributed by atoms with Crippen molar-refractivity contribution < 1.29 is 19.1 Å². The van der Waals surface area contributed by atoms with E-state index in [1.165, 1.54) is 11.3 Å². The Balaban J connectivity index is 1.67. The molecule has 0 saturated carbocycles. The third kappa shape index (κ3) is 6.63. The van der Waals surface area contributed by atoms with Crippen molar-refractivity contribution >= 4 is 50.7 Å². The Morgan fingerprint density at radius 2 is 2.00 bits per heavy atom. The molecule has 0 aliphatic heterocycles. The van der Waals surface area contributed by atoms with Crippen LogP contribution in [0.3, 0.4) is 0 Å². The quantitative estimate of drug-likeness (QED) is 0.661. The van der Waals surface area contributed by atoms with E-state index in [0.29, 0.717) is 11.4 Å². The molecule has 0 bridgehead atoms. The Kier molecular flexibility index (Phi) is 7.08. The number of nitrogens with zero attached hydrogens (tertiary/aromatic N) is 1. The fourth-order valence-electron chi connectivity index (χ4n) is 1.82. The number of amides is 2. The number of ether oxygens (including phenoxy) is 1. The maximum Gasteiger partial charge on any atom is 0.312 e. The van der Waals surface area contributed by atoms with Crippen molar-refractivity contribution in [3.63, 3.8) is 0 Å². The van der Waals surface area contributed by atoms with Gasteiger partial charge in [0.25, 0.3) is 5.91 Å². The van der Waals surface area contributed by atoms with Crippen LogP contribution in [0.15, 0.2) is 34.1 Å². The highest BCUT2D eigenvalue weighted by atomic mass is 79.9. The number of halogens is 1. The number of aryl methyl sites for hydroxylation is 1. The normalized spacial score (nSPS) is 10.2. The lowest BCUT2D eigenvalue weighted by atomic mass is 10.3. The summed E-state index contributed by atoms with van der Waals surface area (Å²) in [6.07, 6.45) is 0.0140. The maximum atomic E-state index is 11.8. The Morgan fingerprint density at radius 1 is 1.24 bits per heavy atom. The minimum Gasteiger partial charge on any atom is -0.455 e. The lowest BCUT2D eigenvalue weighted by Crippen LogP contribution is -2.35. The van der Waals surface area contributed by atoms with Crippen LogP contribution in [0.4, 0.5) is 5.69 Å². The molecule has 2 aromatic rings. The summed E-state index contributed by atoms with van der Waals surface area (Å²) in [5.41, 5.74) is 1.22. The van der Waals surface area contributed by atoms with Gasteiger partial charge in [0, 0.05) is 9.85 Å². The molecule has 9 heteroatoms. The monoisotopic (exact) mass is 425 g/mol. The summed E-state index contributed by atoms with van der Waals surface area (Å²) in [4.78, 5) is 39.2. The molecule has 1 aromatic heterocycles. The largest absolute Gasteiger partial charge is 0.455 e. The minimum atomic E-state index is -0.551. The van der Waals surface area contributed by atoms with Crippen LogP contribution >= 0.6 is 27.3 Å². The molecule has 0 unspecified atom stereocenters. The number of hydrogen-bond acceptors (Lipinski definition) is 6. The van der Waals surface area contributed by atoms with Gasteiger partial charge >= 0.3 is 5.97 Å². The van der Waals surface area contributed by atoms with E-state index in [1.807, 2.05) is 13.0 Å². The molecule has 0 atom stereocenters. The minimum absolute atomic E-state index is 0.0140. The first-order chi connectivity index (χ1) is 11.9. The third-order valence-electron chi connectivity index (χ3n) is 2.95. The average Bonchev–Trinajstić information content (AvgIpc) is 2.98. The second kappa shape index (κ2) is 9.28. The number of rotatable bonds is 7.